The summed E-state index contributed by atoms with van der Waals surface area (Å²) in [5, 5.41) is 7.54. The van der Waals surface area contributed by atoms with E-state index < -0.39 is 12.0 Å². The van der Waals surface area contributed by atoms with Crippen molar-refractivity contribution in [3.8, 4) is 5.75 Å². The smallest absolute Gasteiger partial charge is 0.451 e. The van der Waals surface area contributed by atoms with Crippen molar-refractivity contribution in [2.24, 2.45) is 0 Å². The Morgan fingerprint density at radius 3 is 2.71 bits per heavy atom. The van der Waals surface area contributed by atoms with Crippen LogP contribution in [0, 0.1) is 0 Å². The maximum Gasteiger partial charge on any atom is 0.451 e. The Balaban J connectivity index is 1.90. The largest absolute Gasteiger partial charge is 0.490 e. The standard InChI is InChI=1S/C10H11F3N6OS/c1-20-6-7(14)17-21-8(6)18-2-3-19-5(4-18)15-16-9(19)10(11,12)13/h2-4H2,1H3,(H2,14,17). The summed E-state index contributed by atoms with van der Waals surface area (Å²) in [4.78, 5) is 1.83. The number of nitrogen functional groups attached to an aromatic ring is 1. The lowest BCUT2D eigenvalue weighted by Crippen LogP contribution is -2.35. The van der Waals surface area contributed by atoms with Crippen LogP contribution in [-0.4, -0.2) is 32.8 Å². The second kappa shape index (κ2) is 4.76. The Morgan fingerprint density at radius 1 is 1.29 bits per heavy atom. The topological polar surface area (TPSA) is 82.1 Å². The summed E-state index contributed by atoms with van der Waals surface area (Å²) in [6.45, 7) is 0.700. The van der Waals surface area contributed by atoms with Gasteiger partial charge in [0.05, 0.1) is 13.7 Å². The Labute approximate surface area is 121 Å². The Hall–Kier alpha value is -2.04. The number of fused-ring (bicyclic) bond motifs is 1. The molecular formula is C10H11F3N6OS. The van der Waals surface area contributed by atoms with Crippen LogP contribution in [0.4, 0.5) is 24.0 Å². The molecule has 1 aliphatic rings. The molecule has 2 aromatic rings. The number of anilines is 2. The molecule has 0 atom stereocenters. The van der Waals surface area contributed by atoms with Crippen LogP contribution < -0.4 is 15.4 Å². The number of alkyl halides is 3. The van der Waals surface area contributed by atoms with E-state index in [-0.39, 0.29) is 24.7 Å². The third-order valence-electron chi connectivity index (χ3n) is 3.16. The molecule has 11 heteroatoms. The third-order valence-corrected chi connectivity index (χ3v) is 4.06. The molecule has 0 aliphatic carbocycles. The molecule has 0 radical (unpaired) electrons. The molecule has 0 bridgehead atoms. The van der Waals surface area contributed by atoms with Crippen LogP contribution in [0.2, 0.25) is 0 Å². The van der Waals surface area contributed by atoms with Crippen molar-refractivity contribution >= 4 is 22.4 Å². The molecule has 114 valence electrons. The van der Waals surface area contributed by atoms with E-state index in [0.29, 0.717) is 17.3 Å². The molecule has 0 saturated heterocycles. The van der Waals surface area contributed by atoms with Crippen LogP contribution in [0.1, 0.15) is 11.6 Å². The number of rotatable bonds is 2. The minimum Gasteiger partial charge on any atom is -0.490 e. The number of aromatic nitrogens is 4. The van der Waals surface area contributed by atoms with E-state index in [9.17, 15) is 13.2 Å². The van der Waals surface area contributed by atoms with Crippen LogP contribution in [0.15, 0.2) is 0 Å². The molecular weight excluding hydrogens is 309 g/mol. The fourth-order valence-corrected chi connectivity index (χ4v) is 3.03. The molecule has 2 aromatic heterocycles. The zero-order valence-electron chi connectivity index (χ0n) is 10.9. The summed E-state index contributed by atoms with van der Waals surface area (Å²) >= 11 is 1.14. The van der Waals surface area contributed by atoms with Crippen molar-refractivity contribution in [3.05, 3.63) is 11.6 Å². The van der Waals surface area contributed by atoms with Gasteiger partial charge < -0.3 is 19.9 Å². The summed E-state index contributed by atoms with van der Waals surface area (Å²) in [5.74, 6) is -0.0138. The first-order valence-corrected chi connectivity index (χ1v) is 6.72. The fourth-order valence-electron chi connectivity index (χ4n) is 2.22. The minimum absolute atomic E-state index is 0.137. The average molecular weight is 320 g/mol. The van der Waals surface area contributed by atoms with Gasteiger partial charge in [-0.3, -0.25) is 0 Å². The molecule has 3 heterocycles. The van der Waals surface area contributed by atoms with Gasteiger partial charge in [-0.1, -0.05) is 0 Å². The molecule has 7 nitrogen and oxygen atoms in total. The van der Waals surface area contributed by atoms with Crippen molar-refractivity contribution in [1.82, 2.24) is 19.1 Å². The second-order valence-electron chi connectivity index (χ2n) is 4.42. The van der Waals surface area contributed by atoms with E-state index in [1.807, 2.05) is 4.90 Å². The van der Waals surface area contributed by atoms with Gasteiger partial charge in [-0.25, -0.2) is 0 Å². The van der Waals surface area contributed by atoms with E-state index in [1.54, 1.807) is 0 Å². The highest BCUT2D eigenvalue weighted by Crippen LogP contribution is 2.39. The molecule has 0 unspecified atom stereocenters. The summed E-state index contributed by atoms with van der Waals surface area (Å²) in [7, 11) is 1.47. The first-order chi connectivity index (χ1) is 9.91. The Morgan fingerprint density at radius 2 is 2.05 bits per heavy atom. The number of hydrogen-bond acceptors (Lipinski definition) is 7. The lowest BCUT2D eigenvalue weighted by Gasteiger charge is -2.28. The van der Waals surface area contributed by atoms with Crippen molar-refractivity contribution in [3.63, 3.8) is 0 Å². The number of nitrogens with zero attached hydrogens (tertiary/aromatic N) is 5. The maximum absolute atomic E-state index is 12.8. The SMILES string of the molecule is COc1c(N)nsc1N1CCn2c(nnc2C(F)(F)F)C1. The van der Waals surface area contributed by atoms with E-state index in [2.05, 4.69) is 14.6 Å². The first kappa shape index (κ1) is 13.9. The Bertz CT molecular complexity index is 666. The fraction of sp³-hybridized carbons (Fsp3) is 0.500. The van der Waals surface area contributed by atoms with Gasteiger partial charge in [-0.05, 0) is 11.5 Å². The number of halogens is 3. The van der Waals surface area contributed by atoms with Crippen LogP contribution in [-0.2, 0) is 19.3 Å². The van der Waals surface area contributed by atoms with Gasteiger partial charge in [0.1, 0.15) is 0 Å². The van der Waals surface area contributed by atoms with Crippen molar-refractivity contribution in [2.45, 2.75) is 19.3 Å². The minimum atomic E-state index is -4.50. The summed E-state index contributed by atoms with van der Waals surface area (Å²) in [5.41, 5.74) is 5.68. The summed E-state index contributed by atoms with van der Waals surface area (Å²) in [6, 6.07) is 0. The molecule has 0 aromatic carbocycles. The van der Waals surface area contributed by atoms with Gasteiger partial charge in [0.25, 0.3) is 0 Å². The third kappa shape index (κ3) is 2.26. The molecule has 2 N–H and O–H groups in total. The zero-order valence-corrected chi connectivity index (χ0v) is 11.7. The predicted molar refractivity (Wildman–Crippen MR) is 69.2 cm³/mol. The van der Waals surface area contributed by atoms with E-state index >= 15 is 0 Å². The highest BCUT2D eigenvalue weighted by atomic mass is 32.1. The monoisotopic (exact) mass is 320 g/mol. The number of hydrogen-bond donors (Lipinski definition) is 1. The normalized spacial score (nSPS) is 15.1. The van der Waals surface area contributed by atoms with Gasteiger partial charge in [0.15, 0.2) is 22.4 Å². The van der Waals surface area contributed by atoms with Gasteiger partial charge in [-0.2, -0.15) is 17.5 Å². The zero-order chi connectivity index (χ0) is 15.2. The molecule has 1 aliphatic heterocycles. The predicted octanol–water partition coefficient (Wildman–Crippen LogP) is 1.36. The van der Waals surface area contributed by atoms with Crippen LogP contribution in [0.25, 0.3) is 0 Å². The average Bonchev–Trinajstić information content (AvgIpc) is 3.00. The van der Waals surface area contributed by atoms with Crippen LogP contribution in [0.5, 0.6) is 5.75 Å². The number of methoxy groups -OCH3 is 1. The maximum atomic E-state index is 12.8. The highest BCUT2D eigenvalue weighted by molar-refractivity contribution is 7.11. The quantitative estimate of drug-likeness (QED) is 0.900. The molecule has 3 rings (SSSR count). The van der Waals surface area contributed by atoms with Crippen molar-refractivity contribution < 1.29 is 17.9 Å². The van der Waals surface area contributed by atoms with Crippen LogP contribution >= 0.6 is 11.5 Å². The molecule has 21 heavy (non-hydrogen) atoms. The first-order valence-electron chi connectivity index (χ1n) is 5.95. The number of ether oxygens (including phenoxy) is 1. The van der Waals surface area contributed by atoms with Crippen molar-refractivity contribution in [1.29, 1.82) is 0 Å². The van der Waals surface area contributed by atoms with E-state index in [1.165, 1.54) is 7.11 Å². The lowest BCUT2D eigenvalue weighted by atomic mass is 10.3. The molecule has 0 saturated carbocycles. The summed E-state index contributed by atoms with van der Waals surface area (Å²) in [6.07, 6.45) is -4.50. The van der Waals surface area contributed by atoms with Gasteiger partial charge >= 0.3 is 6.18 Å². The van der Waals surface area contributed by atoms with E-state index in [4.69, 9.17) is 10.5 Å². The van der Waals surface area contributed by atoms with Crippen LogP contribution in [0.3, 0.4) is 0 Å². The van der Waals surface area contributed by atoms with E-state index in [0.717, 1.165) is 16.1 Å². The highest BCUT2D eigenvalue weighted by Gasteiger charge is 2.39. The summed E-state index contributed by atoms with van der Waals surface area (Å²) < 4.78 is 48.6. The van der Waals surface area contributed by atoms with Gasteiger partial charge in [-0.15, -0.1) is 10.2 Å². The van der Waals surface area contributed by atoms with Crippen molar-refractivity contribution in [2.75, 3.05) is 24.3 Å². The van der Waals surface area contributed by atoms with Gasteiger partial charge in [0.2, 0.25) is 5.82 Å². The van der Waals surface area contributed by atoms with Gasteiger partial charge in [0, 0.05) is 13.1 Å². The Kier molecular flexibility index (Phi) is 3.15. The second-order valence-corrected chi connectivity index (χ2v) is 5.17. The molecule has 0 fully saturated rings. The number of nitrogens with two attached hydrogens (primary N) is 1. The molecule has 0 spiro atoms. The lowest BCUT2D eigenvalue weighted by molar-refractivity contribution is -0.147. The molecule has 0 amide bonds.